The van der Waals surface area contributed by atoms with E-state index in [-0.39, 0.29) is 6.29 Å². The number of ether oxygens (including phenoxy) is 4. The minimum Gasteiger partial charge on any atom is -0.454 e. The van der Waals surface area contributed by atoms with Gasteiger partial charge in [-0.05, 0) is 30.7 Å². The van der Waals surface area contributed by atoms with Crippen LogP contribution in [0.3, 0.4) is 0 Å². The van der Waals surface area contributed by atoms with E-state index < -0.39 is 0 Å². The van der Waals surface area contributed by atoms with E-state index >= 15 is 0 Å². The Morgan fingerprint density at radius 2 is 1.29 bits per heavy atom. The Kier molecular flexibility index (Phi) is 4.15. The van der Waals surface area contributed by atoms with Gasteiger partial charge < -0.3 is 18.9 Å². The maximum atomic E-state index is 5.53. The topological polar surface area (TPSA) is 36.9 Å². The number of fused-ring (bicyclic) bond motifs is 2. The molecule has 0 bridgehead atoms. The van der Waals surface area contributed by atoms with Crippen molar-refractivity contribution in [2.75, 3.05) is 6.79 Å². The first kappa shape index (κ1) is 13.6. The van der Waals surface area contributed by atoms with E-state index in [1.54, 1.807) is 0 Å². The van der Waals surface area contributed by atoms with Crippen LogP contribution >= 0.6 is 0 Å². The van der Waals surface area contributed by atoms with Crippen LogP contribution in [0.2, 0.25) is 0 Å². The van der Waals surface area contributed by atoms with Crippen molar-refractivity contribution >= 4 is 0 Å². The summed E-state index contributed by atoms with van der Waals surface area (Å²) in [7, 11) is 0. The Morgan fingerprint density at radius 1 is 0.810 bits per heavy atom. The third-order valence-electron chi connectivity index (χ3n) is 3.17. The highest BCUT2D eigenvalue weighted by molar-refractivity contribution is 5.42. The number of para-hydroxylation sites is 4. The molecule has 0 saturated carbocycles. The van der Waals surface area contributed by atoms with Crippen molar-refractivity contribution < 1.29 is 18.9 Å². The Morgan fingerprint density at radius 3 is 1.76 bits per heavy atom. The van der Waals surface area contributed by atoms with Gasteiger partial charge in [0, 0.05) is 6.42 Å². The number of hydrogen-bond acceptors (Lipinski definition) is 4. The third-order valence-corrected chi connectivity index (χ3v) is 3.17. The van der Waals surface area contributed by atoms with E-state index in [4.69, 9.17) is 18.9 Å². The highest BCUT2D eigenvalue weighted by atomic mass is 16.7. The molecule has 0 radical (unpaired) electrons. The van der Waals surface area contributed by atoms with Gasteiger partial charge in [-0.3, -0.25) is 0 Å². The SMILES string of the molecule is CCCC1Oc2ccccc2O1.c1ccc2c(c1)OCO2. The van der Waals surface area contributed by atoms with Crippen LogP contribution in [-0.2, 0) is 0 Å². The second-order valence-electron chi connectivity index (χ2n) is 4.75. The van der Waals surface area contributed by atoms with E-state index in [1.165, 1.54) is 0 Å². The zero-order chi connectivity index (χ0) is 14.5. The summed E-state index contributed by atoms with van der Waals surface area (Å²) in [5.41, 5.74) is 0. The molecule has 0 saturated heterocycles. The van der Waals surface area contributed by atoms with Crippen LogP contribution in [0, 0.1) is 0 Å². The maximum Gasteiger partial charge on any atom is 0.241 e. The van der Waals surface area contributed by atoms with Crippen LogP contribution in [0.1, 0.15) is 19.8 Å². The van der Waals surface area contributed by atoms with Crippen LogP contribution in [0.5, 0.6) is 23.0 Å². The van der Waals surface area contributed by atoms with Gasteiger partial charge in [0.05, 0.1) is 0 Å². The van der Waals surface area contributed by atoms with Crippen LogP contribution in [0.15, 0.2) is 48.5 Å². The van der Waals surface area contributed by atoms with E-state index in [2.05, 4.69) is 6.92 Å². The van der Waals surface area contributed by atoms with Gasteiger partial charge in [0.2, 0.25) is 13.1 Å². The predicted octanol–water partition coefficient (Wildman–Crippen LogP) is 4.00. The molecule has 2 aromatic carbocycles. The van der Waals surface area contributed by atoms with E-state index in [1.807, 2.05) is 48.5 Å². The Labute approximate surface area is 124 Å². The summed E-state index contributed by atoms with van der Waals surface area (Å²) in [4.78, 5) is 0. The monoisotopic (exact) mass is 286 g/mol. The van der Waals surface area contributed by atoms with E-state index in [0.717, 1.165) is 35.8 Å². The summed E-state index contributed by atoms with van der Waals surface area (Å²) in [5, 5.41) is 0. The molecule has 110 valence electrons. The van der Waals surface area contributed by atoms with Crippen LogP contribution in [-0.4, -0.2) is 13.1 Å². The molecule has 0 N–H and O–H groups in total. The molecule has 0 aromatic heterocycles. The van der Waals surface area contributed by atoms with Crippen LogP contribution in [0.4, 0.5) is 0 Å². The summed E-state index contributed by atoms with van der Waals surface area (Å²) in [6.07, 6.45) is 1.97. The summed E-state index contributed by atoms with van der Waals surface area (Å²) in [6, 6.07) is 15.4. The number of benzene rings is 2. The quantitative estimate of drug-likeness (QED) is 0.836. The molecule has 4 nitrogen and oxygen atoms in total. The molecule has 2 aliphatic heterocycles. The lowest BCUT2D eigenvalue weighted by Gasteiger charge is -2.07. The molecule has 0 fully saturated rings. The van der Waals surface area contributed by atoms with Gasteiger partial charge in [0.15, 0.2) is 23.0 Å². The molecule has 4 rings (SSSR count). The summed E-state index contributed by atoms with van der Waals surface area (Å²) >= 11 is 0. The largest absolute Gasteiger partial charge is 0.454 e. The molecule has 0 spiro atoms. The van der Waals surface area contributed by atoms with E-state index in [0.29, 0.717) is 6.79 Å². The second kappa shape index (κ2) is 6.39. The summed E-state index contributed by atoms with van der Waals surface area (Å²) in [6.45, 7) is 2.48. The minimum atomic E-state index is -0.0626. The number of rotatable bonds is 2. The molecule has 4 heteroatoms. The van der Waals surface area contributed by atoms with Gasteiger partial charge in [0.1, 0.15) is 0 Å². The van der Waals surface area contributed by atoms with Gasteiger partial charge in [-0.25, -0.2) is 0 Å². The van der Waals surface area contributed by atoms with Crippen LogP contribution < -0.4 is 18.9 Å². The average Bonchev–Trinajstić information content (AvgIpc) is 3.14. The lowest BCUT2D eigenvalue weighted by atomic mass is 10.3. The highest BCUT2D eigenvalue weighted by Crippen LogP contribution is 2.34. The average molecular weight is 286 g/mol. The van der Waals surface area contributed by atoms with Gasteiger partial charge in [-0.1, -0.05) is 31.2 Å². The van der Waals surface area contributed by atoms with Crippen molar-refractivity contribution in [3.8, 4) is 23.0 Å². The molecule has 0 unspecified atom stereocenters. The first-order chi connectivity index (χ1) is 10.4. The van der Waals surface area contributed by atoms with E-state index in [9.17, 15) is 0 Å². The molecule has 2 aromatic rings. The zero-order valence-electron chi connectivity index (χ0n) is 12.0. The summed E-state index contributed by atoms with van der Waals surface area (Å²) < 4.78 is 21.2. The van der Waals surface area contributed by atoms with Crippen molar-refractivity contribution in [3.05, 3.63) is 48.5 Å². The molecule has 0 aliphatic carbocycles. The molecular formula is C17H18O4. The molecular weight excluding hydrogens is 268 g/mol. The van der Waals surface area contributed by atoms with Crippen molar-refractivity contribution in [1.82, 2.24) is 0 Å². The van der Waals surface area contributed by atoms with Gasteiger partial charge in [-0.15, -0.1) is 0 Å². The lowest BCUT2D eigenvalue weighted by Crippen LogP contribution is -2.16. The zero-order valence-corrected chi connectivity index (χ0v) is 12.0. The fraction of sp³-hybridized carbons (Fsp3) is 0.294. The second-order valence-corrected chi connectivity index (χ2v) is 4.75. The lowest BCUT2D eigenvalue weighted by molar-refractivity contribution is 0.0413. The van der Waals surface area contributed by atoms with Gasteiger partial charge in [-0.2, -0.15) is 0 Å². The fourth-order valence-corrected chi connectivity index (χ4v) is 2.15. The minimum absolute atomic E-state index is 0.0626. The van der Waals surface area contributed by atoms with Crippen LogP contribution in [0.25, 0.3) is 0 Å². The molecule has 0 atom stereocenters. The van der Waals surface area contributed by atoms with Gasteiger partial charge >= 0.3 is 0 Å². The standard InChI is InChI=1S/C10H12O2.C7H6O2/c1-2-5-10-11-8-6-3-4-7-9(8)12-10;1-2-4-7-6(3-1)8-5-9-7/h3-4,6-7,10H,2,5H2,1H3;1-4H,5H2. The fourth-order valence-electron chi connectivity index (χ4n) is 2.15. The predicted molar refractivity (Wildman–Crippen MR) is 79.0 cm³/mol. The Bertz CT molecular complexity index is 549. The maximum absolute atomic E-state index is 5.53. The Hall–Kier alpha value is -2.36. The summed E-state index contributed by atoms with van der Waals surface area (Å²) in [5.74, 6) is 3.43. The van der Waals surface area contributed by atoms with Crippen molar-refractivity contribution in [1.29, 1.82) is 0 Å². The molecule has 2 aliphatic rings. The first-order valence-corrected chi connectivity index (χ1v) is 7.14. The third kappa shape index (κ3) is 3.21. The normalized spacial score (nSPS) is 14.5. The van der Waals surface area contributed by atoms with Crippen molar-refractivity contribution in [2.45, 2.75) is 26.1 Å². The number of hydrogen-bond donors (Lipinski definition) is 0. The Balaban J connectivity index is 0.000000131. The molecule has 21 heavy (non-hydrogen) atoms. The molecule has 0 amide bonds. The highest BCUT2D eigenvalue weighted by Gasteiger charge is 2.21. The first-order valence-electron chi connectivity index (χ1n) is 7.14. The van der Waals surface area contributed by atoms with Crippen molar-refractivity contribution in [3.63, 3.8) is 0 Å². The van der Waals surface area contributed by atoms with Gasteiger partial charge in [0.25, 0.3) is 0 Å². The van der Waals surface area contributed by atoms with Crippen molar-refractivity contribution in [2.24, 2.45) is 0 Å². The molecule has 2 heterocycles. The smallest absolute Gasteiger partial charge is 0.241 e.